The Morgan fingerprint density at radius 1 is 1.06 bits per heavy atom. The average molecular weight is 540 g/mol. The summed E-state index contributed by atoms with van der Waals surface area (Å²) in [4.78, 5) is 21.8. The van der Waals surface area contributed by atoms with Gasteiger partial charge in [0.05, 0.1) is 46.8 Å². The van der Waals surface area contributed by atoms with Crippen LogP contribution in [0, 0.1) is 0 Å². The third-order valence-electron chi connectivity index (χ3n) is 5.42. The zero-order chi connectivity index (χ0) is 26.4. The first-order chi connectivity index (χ1) is 17.0. The first kappa shape index (κ1) is 25.4. The summed E-state index contributed by atoms with van der Waals surface area (Å²) in [5.74, 6) is 0.449. The van der Waals surface area contributed by atoms with Crippen LogP contribution in [0.4, 0.5) is 30.5 Å². The maximum Gasteiger partial charge on any atom is 0.416 e. The van der Waals surface area contributed by atoms with Crippen molar-refractivity contribution in [1.29, 1.82) is 0 Å². The Morgan fingerprint density at radius 2 is 1.69 bits per heavy atom. The van der Waals surface area contributed by atoms with Gasteiger partial charge in [-0.15, -0.1) is 0 Å². The third kappa shape index (κ3) is 4.47. The number of nitrogens with one attached hydrogen (secondary N) is 1. The van der Waals surface area contributed by atoms with E-state index in [4.69, 9.17) is 38.4 Å². The van der Waals surface area contributed by atoms with Crippen molar-refractivity contribution in [3.63, 3.8) is 0 Å². The molecule has 0 fully saturated rings. The van der Waals surface area contributed by atoms with Gasteiger partial charge in [-0.3, -0.25) is 9.36 Å². The lowest BCUT2D eigenvalue weighted by atomic mass is 10.0. The number of nitrogens with two attached hydrogens (primary N) is 1. The van der Waals surface area contributed by atoms with Crippen LogP contribution in [0.5, 0.6) is 11.5 Å². The van der Waals surface area contributed by atoms with E-state index in [0.717, 1.165) is 18.2 Å². The van der Waals surface area contributed by atoms with Crippen molar-refractivity contribution in [2.75, 3.05) is 25.3 Å². The number of anilines is 3. The van der Waals surface area contributed by atoms with Crippen LogP contribution in [0.1, 0.15) is 5.56 Å². The fourth-order valence-electron chi connectivity index (χ4n) is 3.57. The van der Waals surface area contributed by atoms with E-state index in [1.807, 2.05) is 0 Å². The maximum absolute atomic E-state index is 13.3. The highest BCUT2D eigenvalue weighted by molar-refractivity contribution is 6.41. The fourth-order valence-corrected chi connectivity index (χ4v) is 4.27. The average Bonchev–Trinajstić information content (AvgIpc) is 2.83. The molecule has 0 atom stereocenters. The number of aryl methyl sites for hydroxylation is 1. The molecule has 13 heteroatoms. The summed E-state index contributed by atoms with van der Waals surface area (Å²) in [5.41, 5.74) is 5.01. The maximum atomic E-state index is 13.3. The molecule has 0 unspecified atom stereocenters. The smallest absolute Gasteiger partial charge is 0.416 e. The van der Waals surface area contributed by atoms with Gasteiger partial charge in [0, 0.05) is 30.3 Å². The number of nitrogens with zero attached hydrogens (tertiary/aromatic N) is 3. The number of benzene rings is 2. The van der Waals surface area contributed by atoms with Crippen molar-refractivity contribution in [1.82, 2.24) is 14.5 Å². The Hall–Kier alpha value is -3.70. The number of pyridine rings is 1. The van der Waals surface area contributed by atoms with E-state index in [0.29, 0.717) is 5.39 Å². The van der Waals surface area contributed by atoms with Crippen molar-refractivity contribution in [3.05, 3.63) is 62.5 Å². The summed E-state index contributed by atoms with van der Waals surface area (Å²) < 4.78 is 51.1. The molecule has 2 aromatic heterocycles. The van der Waals surface area contributed by atoms with Gasteiger partial charge < -0.3 is 20.5 Å². The van der Waals surface area contributed by atoms with Crippen LogP contribution < -0.4 is 26.1 Å². The molecule has 0 amide bonds. The van der Waals surface area contributed by atoms with Crippen LogP contribution >= 0.6 is 23.2 Å². The highest BCUT2D eigenvalue weighted by Crippen LogP contribution is 2.45. The van der Waals surface area contributed by atoms with Crippen LogP contribution in [0.3, 0.4) is 0 Å². The molecule has 4 rings (SSSR count). The number of aromatic nitrogens is 3. The normalized spacial score (nSPS) is 11.6. The lowest BCUT2D eigenvalue weighted by Crippen LogP contribution is -2.20. The number of fused-ring (bicyclic) bond motifs is 1. The molecule has 2 aromatic carbocycles. The second-order valence-electron chi connectivity index (χ2n) is 7.60. The van der Waals surface area contributed by atoms with Gasteiger partial charge >= 0.3 is 6.18 Å². The predicted molar refractivity (Wildman–Crippen MR) is 132 cm³/mol. The number of rotatable bonds is 5. The Balaban J connectivity index is 1.84. The molecule has 0 aliphatic carbocycles. The van der Waals surface area contributed by atoms with Crippen LogP contribution in [-0.4, -0.2) is 28.8 Å². The van der Waals surface area contributed by atoms with Crippen LogP contribution in [0.2, 0.25) is 10.0 Å². The molecule has 0 saturated carbocycles. The molecule has 36 heavy (non-hydrogen) atoms. The summed E-state index contributed by atoms with van der Waals surface area (Å²) in [5, 5.41) is 3.33. The molecule has 0 aliphatic heterocycles. The summed E-state index contributed by atoms with van der Waals surface area (Å²) in [6.07, 6.45) is -3.16. The van der Waals surface area contributed by atoms with Gasteiger partial charge in [0.15, 0.2) is 0 Å². The number of methoxy groups -OCH3 is 2. The lowest BCUT2D eigenvalue weighted by Gasteiger charge is -2.16. The largest absolute Gasteiger partial charge is 0.495 e. The number of hydrogen-bond donors (Lipinski definition) is 2. The summed E-state index contributed by atoms with van der Waals surface area (Å²) in [6, 6.07) is 5.86. The monoisotopic (exact) mass is 539 g/mol. The quantitative estimate of drug-likeness (QED) is 0.315. The van der Waals surface area contributed by atoms with Crippen LogP contribution in [0.15, 0.2) is 41.3 Å². The molecule has 8 nitrogen and oxygen atoms in total. The van der Waals surface area contributed by atoms with Crippen molar-refractivity contribution < 1.29 is 22.6 Å². The van der Waals surface area contributed by atoms with Gasteiger partial charge in [0.2, 0.25) is 5.95 Å². The molecule has 0 spiro atoms. The number of ether oxygens (including phenoxy) is 2. The molecule has 0 radical (unpaired) electrons. The first-order valence-electron chi connectivity index (χ1n) is 10.2. The Bertz CT molecular complexity index is 1530. The van der Waals surface area contributed by atoms with Crippen molar-refractivity contribution in [2.24, 2.45) is 7.05 Å². The van der Waals surface area contributed by atoms with Crippen LogP contribution in [0.25, 0.3) is 22.2 Å². The van der Waals surface area contributed by atoms with Crippen molar-refractivity contribution in [3.8, 4) is 22.6 Å². The molecule has 0 bridgehead atoms. The van der Waals surface area contributed by atoms with Gasteiger partial charge in [-0.05, 0) is 24.3 Å². The molecule has 0 saturated heterocycles. The van der Waals surface area contributed by atoms with E-state index in [-0.39, 0.29) is 55.6 Å². The highest BCUT2D eigenvalue weighted by atomic mass is 35.5. The van der Waals surface area contributed by atoms with E-state index < -0.39 is 17.3 Å². The number of alkyl halides is 3. The van der Waals surface area contributed by atoms with Gasteiger partial charge in [-0.1, -0.05) is 23.2 Å². The minimum atomic E-state index is -4.56. The van der Waals surface area contributed by atoms with E-state index in [1.54, 1.807) is 0 Å². The molecular formula is C23H18Cl2F3N5O3. The molecular weight excluding hydrogens is 522 g/mol. The minimum Gasteiger partial charge on any atom is -0.495 e. The van der Waals surface area contributed by atoms with Crippen molar-refractivity contribution in [2.45, 2.75) is 6.18 Å². The Kier molecular flexibility index (Phi) is 6.63. The zero-order valence-corrected chi connectivity index (χ0v) is 20.5. The van der Waals surface area contributed by atoms with E-state index in [1.165, 1.54) is 44.2 Å². The van der Waals surface area contributed by atoms with Gasteiger partial charge in [-0.25, -0.2) is 4.98 Å². The van der Waals surface area contributed by atoms with Gasteiger partial charge in [0.1, 0.15) is 17.1 Å². The second-order valence-corrected chi connectivity index (χ2v) is 8.36. The zero-order valence-electron chi connectivity index (χ0n) is 19.0. The SMILES string of the molecule is COc1cc(OC)c(Cl)c(-c2cc3cnc(Nc4cc(C(F)(F)F)ccc4N)nc3n(C)c2=O)c1Cl. The van der Waals surface area contributed by atoms with Gasteiger partial charge in [-0.2, -0.15) is 18.2 Å². The number of hydrogen-bond acceptors (Lipinski definition) is 7. The predicted octanol–water partition coefficient (Wildman–Crippen LogP) is 5.66. The molecule has 2 heterocycles. The van der Waals surface area contributed by atoms with Crippen molar-refractivity contribution >= 4 is 51.6 Å². The standard InChI is InChI=1S/C23H18Cl2F3N5O3/c1-33-20-10(6-12(21(33)34)17-18(24)15(35-2)8-16(36-3)19(17)25)9-30-22(32-20)31-14-7-11(23(26,27)28)4-5-13(14)29/h4-9H,29H2,1-3H3,(H,30,31,32). The van der Waals surface area contributed by atoms with E-state index in [2.05, 4.69) is 15.3 Å². The topological polar surface area (TPSA) is 104 Å². The first-order valence-corrected chi connectivity index (χ1v) is 10.9. The third-order valence-corrected chi connectivity index (χ3v) is 6.17. The summed E-state index contributed by atoms with van der Waals surface area (Å²) in [7, 11) is 4.30. The summed E-state index contributed by atoms with van der Waals surface area (Å²) in [6.45, 7) is 0. The lowest BCUT2D eigenvalue weighted by molar-refractivity contribution is -0.137. The summed E-state index contributed by atoms with van der Waals surface area (Å²) >= 11 is 13.0. The second kappa shape index (κ2) is 9.40. The molecule has 0 aliphatic rings. The fraction of sp³-hybridized carbons (Fsp3) is 0.174. The Morgan fingerprint density at radius 3 is 2.28 bits per heavy atom. The van der Waals surface area contributed by atoms with Gasteiger partial charge in [0.25, 0.3) is 5.56 Å². The number of nitrogen functional groups attached to an aromatic ring is 1. The molecule has 188 valence electrons. The number of halogens is 5. The Labute approximate surface area is 212 Å². The molecule has 3 N–H and O–H groups in total. The highest BCUT2D eigenvalue weighted by Gasteiger charge is 2.31. The minimum absolute atomic E-state index is 0.0344. The molecule has 4 aromatic rings. The van der Waals surface area contributed by atoms with E-state index in [9.17, 15) is 18.0 Å². The van der Waals surface area contributed by atoms with E-state index >= 15 is 0 Å². The van der Waals surface area contributed by atoms with Crippen LogP contribution in [-0.2, 0) is 13.2 Å².